The van der Waals surface area contributed by atoms with E-state index in [2.05, 4.69) is 4.98 Å². The third kappa shape index (κ3) is 2.06. The van der Waals surface area contributed by atoms with Gasteiger partial charge in [0.25, 0.3) is 0 Å². The Morgan fingerprint density at radius 1 is 1.54 bits per heavy atom. The second-order valence-corrected chi connectivity index (χ2v) is 4.27. The zero-order chi connectivity index (χ0) is 10.0. The topological polar surface area (TPSA) is 33.2 Å². The third-order valence-electron chi connectivity index (χ3n) is 1.82. The molecule has 0 bridgehead atoms. The second-order valence-electron chi connectivity index (χ2n) is 3.27. The highest BCUT2D eigenvalue weighted by Crippen LogP contribution is 2.29. The van der Waals surface area contributed by atoms with E-state index in [1.54, 1.807) is 11.3 Å². The molecule has 0 aliphatic rings. The largest absolute Gasteiger partial charge is 0.354 e. The summed E-state index contributed by atoms with van der Waals surface area (Å²) in [6.07, 6.45) is 0.958. The molecule has 0 amide bonds. The highest BCUT2D eigenvalue weighted by molar-refractivity contribution is 7.15. The molecule has 0 aliphatic heterocycles. The average Bonchev–Trinajstić information content (AvgIpc) is 2.46. The summed E-state index contributed by atoms with van der Waals surface area (Å²) in [5.74, 6) is -0.0359. The molecule has 1 atom stereocenters. The fourth-order valence-electron chi connectivity index (χ4n) is 1.07. The van der Waals surface area contributed by atoms with Crippen LogP contribution in [0.25, 0.3) is 0 Å². The minimum atomic E-state index is -0.0359. The van der Waals surface area contributed by atoms with Crippen molar-refractivity contribution < 1.29 is 4.79 Å². The lowest BCUT2D eigenvalue weighted by Gasteiger charge is -2.05. The van der Waals surface area contributed by atoms with Gasteiger partial charge in [-0.2, -0.15) is 0 Å². The maximum Gasteiger partial charge on any atom is 0.185 e. The van der Waals surface area contributed by atoms with E-state index in [-0.39, 0.29) is 5.92 Å². The van der Waals surface area contributed by atoms with Gasteiger partial charge in [0, 0.05) is 24.9 Å². The predicted molar refractivity (Wildman–Crippen MR) is 55.7 cm³/mol. The lowest BCUT2D eigenvalue weighted by molar-refractivity contribution is -0.108. The highest BCUT2D eigenvalue weighted by atomic mass is 32.1. The van der Waals surface area contributed by atoms with Crippen molar-refractivity contribution in [3.63, 3.8) is 0 Å². The number of thiazole rings is 1. The molecule has 0 fully saturated rings. The maximum absolute atomic E-state index is 10.6. The van der Waals surface area contributed by atoms with Gasteiger partial charge >= 0.3 is 0 Å². The molecular weight excluding hydrogens is 184 g/mol. The van der Waals surface area contributed by atoms with Crippen molar-refractivity contribution in [1.29, 1.82) is 0 Å². The molecule has 0 saturated carbocycles. The van der Waals surface area contributed by atoms with Crippen molar-refractivity contribution in [3.05, 3.63) is 10.6 Å². The van der Waals surface area contributed by atoms with Gasteiger partial charge in [0.15, 0.2) is 5.13 Å². The van der Waals surface area contributed by atoms with Crippen LogP contribution < -0.4 is 4.90 Å². The monoisotopic (exact) mass is 198 g/mol. The SMILES string of the molecule is Cc1nc(N(C)C)sc1C(C)C=O. The van der Waals surface area contributed by atoms with Gasteiger partial charge < -0.3 is 9.69 Å². The van der Waals surface area contributed by atoms with Crippen LogP contribution in [-0.2, 0) is 4.79 Å². The van der Waals surface area contributed by atoms with E-state index in [4.69, 9.17) is 0 Å². The Morgan fingerprint density at radius 3 is 2.54 bits per heavy atom. The van der Waals surface area contributed by atoms with Gasteiger partial charge in [0.05, 0.1) is 5.69 Å². The Balaban J connectivity index is 3.02. The van der Waals surface area contributed by atoms with Gasteiger partial charge in [-0.25, -0.2) is 4.98 Å². The van der Waals surface area contributed by atoms with Crippen molar-refractivity contribution in [1.82, 2.24) is 4.98 Å². The minimum Gasteiger partial charge on any atom is -0.354 e. The number of hydrogen-bond acceptors (Lipinski definition) is 4. The smallest absolute Gasteiger partial charge is 0.185 e. The van der Waals surface area contributed by atoms with E-state index < -0.39 is 0 Å². The number of nitrogens with zero attached hydrogens (tertiary/aromatic N) is 2. The Kier molecular flexibility index (Phi) is 3.03. The van der Waals surface area contributed by atoms with E-state index in [9.17, 15) is 4.79 Å². The first-order valence-corrected chi connectivity index (χ1v) is 4.98. The summed E-state index contributed by atoms with van der Waals surface area (Å²) in [4.78, 5) is 18.0. The minimum absolute atomic E-state index is 0.0359. The molecule has 1 rings (SSSR count). The number of carbonyl (C=O) groups excluding carboxylic acids is 1. The molecule has 3 nitrogen and oxygen atoms in total. The van der Waals surface area contributed by atoms with Gasteiger partial charge in [-0.3, -0.25) is 0 Å². The number of aryl methyl sites for hydroxylation is 1. The Morgan fingerprint density at radius 2 is 2.15 bits per heavy atom. The molecular formula is C9H14N2OS. The lowest BCUT2D eigenvalue weighted by atomic mass is 10.1. The molecule has 0 spiro atoms. The number of aromatic nitrogens is 1. The first-order valence-electron chi connectivity index (χ1n) is 4.16. The molecule has 1 aromatic rings. The summed E-state index contributed by atoms with van der Waals surface area (Å²) in [5, 5.41) is 0.959. The molecule has 13 heavy (non-hydrogen) atoms. The molecule has 0 radical (unpaired) electrons. The summed E-state index contributed by atoms with van der Waals surface area (Å²) in [7, 11) is 3.90. The number of hydrogen-bond donors (Lipinski definition) is 0. The second kappa shape index (κ2) is 3.87. The van der Waals surface area contributed by atoms with E-state index in [1.807, 2.05) is 32.8 Å². The fraction of sp³-hybridized carbons (Fsp3) is 0.556. The zero-order valence-corrected chi connectivity index (χ0v) is 9.18. The molecule has 1 unspecified atom stereocenters. The van der Waals surface area contributed by atoms with Crippen LogP contribution in [0.15, 0.2) is 0 Å². The molecule has 0 N–H and O–H groups in total. The molecule has 0 aromatic carbocycles. The number of carbonyl (C=O) groups is 1. The standard InChI is InChI=1S/C9H14N2OS/c1-6(5-12)8-7(2)10-9(13-8)11(3)4/h5-6H,1-4H3. The van der Waals surface area contributed by atoms with Gasteiger partial charge in [0.1, 0.15) is 6.29 Å². The van der Waals surface area contributed by atoms with Crippen LogP contribution in [0.1, 0.15) is 23.4 Å². The van der Waals surface area contributed by atoms with Crippen LogP contribution in [0.4, 0.5) is 5.13 Å². The van der Waals surface area contributed by atoms with Gasteiger partial charge in [-0.1, -0.05) is 6.92 Å². The molecule has 72 valence electrons. The summed E-state index contributed by atoms with van der Waals surface area (Å²) >= 11 is 1.58. The summed E-state index contributed by atoms with van der Waals surface area (Å²) in [6.45, 7) is 3.84. The summed E-state index contributed by atoms with van der Waals surface area (Å²) < 4.78 is 0. The van der Waals surface area contributed by atoms with Crippen LogP contribution in [0.5, 0.6) is 0 Å². The zero-order valence-electron chi connectivity index (χ0n) is 8.37. The first-order chi connectivity index (χ1) is 6.06. The Bertz CT molecular complexity index is 307. The third-order valence-corrected chi connectivity index (χ3v) is 3.35. The van der Waals surface area contributed by atoms with Crippen LogP contribution in [0, 0.1) is 6.92 Å². The molecule has 1 heterocycles. The van der Waals surface area contributed by atoms with E-state index in [1.165, 1.54) is 0 Å². The van der Waals surface area contributed by atoms with E-state index >= 15 is 0 Å². The van der Waals surface area contributed by atoms with Crippen LogP contribution in [-0.4, -0.2) is 25.4 Å². The van der Waals surface area contributed by atoms with Crippen molar-refractivity contribution in [2.75, 3.05) is 19.0 Å². The van der Waals surface area contributed by atoms with Gasteiger partial charge in [-0.15, -0.1) is 11.3 Å². The van der Waals surface area contributed by atoms with Crippen molar-refractivity contribution in [2.24, 2.45) is 0 Å². The number of rotatable bonds is 3. The van der Waals surface area contributed by atoms with Gasteiger partial charge in [0.2, 0.25) is 0 Å². The van der Waals surface area contributed by atoms with Gasteiger partial charge in [-0.05, 0) is 6.92 Å². The summed E-state index contributed by atoms with van der Waals surface area (Å²) in [6, 6.07) is 0. The highest BCUT2D eigenvalue weighted by Gasteiger charge is 2.13. The Labute approximate surface area is 82.4 Å². The van der Waals surface area contributed by atoms with E-state index in [0.717, 1.165) is 22.0 Å². The maximum atomic E-state index is 10.6. The van der Waals surface area contributed by atoms with Crippen LogP contribution >= 0.6 is 11.3 Å². The molecule has 4 heteroatoms. The quantitative estimate of drug-likeness (QED) is 0.695. The molecule has 0 saturated heterocycles. The molecule has 0 aliphatic carbocycles. The van der Waals surface area contributed by atoms with Crippen molar-refractivity contribution in [2.45, 2.75) is 19.8 Å². The lowest BCUT2D eigenvalue weighted by Crippen LogP contribution is -2.07. The normalized spacial score (nSPS) is 12.6. The predicted octanol–water partition coefficient (Wildman–Crippen LogP) is 1.82. The average molecular weight is 198 g/mol. The van der Waals surface area contributed by atoms with Crippen LogP contribution in [0.3, 0.4) is 0 Å². The van der Waals surface area contributed by atoms with Crippen LogP contribution in [0.2, 0.25) is 0 Å². The number of anilines is 1. The molecule has 1 aromatic heterocycles. The fourth-order valence-corrected chi connectivity index (χ4v) is 2.07. The van der Waals surface area contributed by atoms with Crippen molar-refractivity contribution in [3.8, 4) is 0 Å². The summed E-state index contributed by atoms with van der Waals surface area (Å²) in [5.41, 5.74) is 0.966. The van der Waals surface area contributed by atoms with E-state index in [0.29, 0.717) is 0 Å². The number of aldehydes is 1. The van der Waals surface area contributed by atoms with Crippen molar-refractivity contribution >= 4 is 22.8 Å². The first kappa shape index (κ1) is 10.2. The Hall–Kier alpha value is -0.900.